The third-order valence-corrected chi connectivity index (χ3v) is 4.03. The summed E-state index contributed by atoms with van der Waals surface area (Å²) in [6.45, 7) is 9.14. The maximum absolute atomic E-state index is 11.8. The van der Waals surface area contributed by atoms with Crippen molar-refractivity contribution >= 4 is 5.91 Å². The Bertz CT molecular complexity index is 456. The third-order valence-electron chi connectivity index (χ3n) is 4.03. The van der Waals surface area contributed by atoms with Crippen molar-refractivity contribution in [3.8, 4) is 0 Å². The minimum absolute atomic E-state index is 0.0711. The van der Waals surface area contributed by atoms with Gasteiger partial charge in [0.1, 0.15) is 0 Å². The summed E-state index contributed by atoms with van der Waals surface area (Å²) in [5, 5.41) is 3.17. The van der Waals surface area contributed by atoms with E-state index in [1.54, 1.807) is 0 Å². The number of nitrogens with one attached hydrogen (secondary N) is 1. The van der Waals surface area contributed by atoms with Crippen molar-refractivity contribution in [3.63, 3.8) is 0 Å². The zero-order chi connectivity index (χ0) is 14.5. The van der Waals surface area contributed by atoms with E-state index in [1.807, 2.05) is 13.8 Å². The Hall–Kier alpha value is -1.35. The number of aryl methyl sites for hydroxylation is 1. The lowest BCUT2D eigenvalue weighted by atomic mass is 10.0. The minimum atomic E-state index is 0.0711. The summed E-state index contributed by atoms with van der Waals surface area (Å²) < 4.78 is 0. The normalized spacial score (nSPS) is 20.1. The van der Waals surface area contributed by atoms with Crippen LogP contribution in [0.25, 0.3) is 0 Å². The highest BCUT2D eigenvalue weighted by molar-refractivity contribution is 5.78. The average Bonchev–Trinajstić information content (AvgIpc) is 2.42. The molecule has 3 nitrogen and oxygen atoms in total. The molecule has 20 heavy (non-hydrogen) atoms. The summed E-state index contributed by atoms with van der Waals surface area (Å²) >= 11 is 0. The van der Waals surface area contributed by atoms with Gasteiger partial charge in [0.25, 0.3) is 0 Å². The van der Waals surface area contributed by atoms with Gasteiger partial charge in [-0.05, 0) is 37.4 Å². The van der Waals surface area contributed by atoms with Crippen LogP contribution >= 0.6 is 0 Å². The molecule has 0 bridgehead atoms. The van der Waals surface area contributed by atoms with E-state index in [4.69, 9.17) is 0 Å². The summed E-state index contributed by atoms with van der Waals surface area (Å²) in [6.07, 6.45) is 2.26. The van der Waals surface area contributed by atoms with Crippen LogP contribution in [-0.2, 0) is 11.3 Å². The van der Waals surface area contributed by atoms with Crippen LogP contribution in [-0.4, -0.2) is 29.9 Å². The molecule has 2 rings (SSSR count). The number of piperidine rings is 1. The number of amides is 1. The number of hydrogen-bond acceptors (Lipinski definition) is 2. The van der Waals surface area contributed by atoms with Gasteiger partial charge in [-0.1, -0.05) is 38.1 Å². The van der Waals surface area contributed by atoms with Crippen LogP contribution in [0, 0.1) is 12.8 Å². The van der Waals surface area contributed by atoms with Gasteiger partial charge in [-0.3, -0.25) is 9.69 Å². The molecule has 1 fully saturated rings. The number of carbonyl (C=O) groups excluding carboxylic acids is 1. The minimum Gasteiger partial charge on any atom is -0.352 e. The molecule has 0 spiro atoms. The highest BCUT2D eigenvalue weighted by Crippen LogP contribution is 2.16. The zero-order valence-corrected chi connectivity index (χ0v) is 12.9. The molecule has 1 aliphatic rings. The fraction of sp³-hybridized carbons (Fsp3) is 0.588. The summed E-state index contributed by atoms with van der Waals surface area (Å²) in [6, 6.07) is 8.86. The first-order valence-electron chi connectivity index (χ1n) is 7.63. The molecule has 1 N–H and O–H groups in total. The average molecular weight is 274 g/mol. The first-order valence-corrected chi connectivity index (χ1v) is 7.63. The lowest BCUT2D eigenvalue weighted by molar-refractivity contribution is -0.125. The van der Waals surface area contributed by atoms with Crippen molar-refractivity contribution in [3.05, 3.63) is 35.4 Å². The maximum atomic E-state index is 11.8. The number of hydrogen-bond donors (Lipinski definition) is 1. The predicted octanol–water partition coefficient (Wildman–Crippen LogP) is 2.73. The maximum Gasteiger partial charge on any atom is 0.222 e. The van der Waals surface area contributed by atoms with Crippen molar-refractivity contribution in [2.45, 2.75) is 46.2 Å². The second-order valence-electron chi connectivity index (χ2n) is 6.16. The van der Waals surface area contributed by atoms with E-state index in [0.29, 0.717) is 6.04 Å². The molecule has 1 saturated heterocycles. The second kappa shape index (κ2) is 6.89. The molecule has 1 unspecified atom stereocenters. The lowest BCUT2D eigenvalue weighted by Gasteiger charge is -2.33. The molecule has 1 amide bonds. The van der Waals surface area contributed by atoms with Crippen LogP contribution in [0.4, 0.5) is 0 Å². The van der Waals surface area contributed by atoms with Crippen LogP contribution in [0.15, 0.2) is 24.3 Å². The van der Waals surface area contributed by atoms with Gasteiger partial charge in [-0.25, -0.2) is 0 Å². The fourth-order valence-corrected chi connectivity index (χ4v) is 2.71. The first-order chi connectivity index (χ1) is 9.56. The highest BCUT2D eigenvalue weighted by atomic mass is 16.1. The molecule has 110 valence electrons. The Morgan fingerprint density at radius 1 is 1.40 bits per heavy atom. The zero-order valence-electron chi connectivity index (χ0n) is 12.9. The Balaban J connectivity index is 1.91. The van der Waals surface area contributed by atoms with Gasteiger partial charge in [0.15, 0.2) is 0 Å². The molecule has 1 atom stereocenters. The van der Waals surface area contributed by atoms with Crippen LogP contribution in [0.2, 0.25) is 0 Å². The van der Waals surface area contributed by atoms with E-state index in [-0.39, 0.29) is 11.8 Å². The van der Waals surface area contributed by atoms with Gasteiger partial charge in [-0.15, -0.1) is 0 Å². The molecule has 0 aliphatic carbocycles. The summed E-state index contributed by atoms with van der Waals surface area (Å²) in [7, 11) is 0. The van der Waals surface area contributed by atoms with Crippen molar-refractivity contribution in [2.75, 3.05) is 13.1 Å². The van der Waals surface area contributed by atoms with E-state index < -0.39 is 0 Å². The van der Waals surface area contributed by atoms with E-state index in [2.05, 4.69) is 41.4 Å². The van der Waals surface area contributed by atoms with Gasteiger partial charge < -0.3 is 5.32 Å². The molecular formula is C17H26N2O. The van der Waals surface area contributed by atoms with Crippen molar-refractivity contribution in [1.82, 2.24) is 10.2 Å². The SMILES string of the molecule is Cc1ccccc1CN1CCCC(NC(=O)C(C)C)C1. The quantitative estimate of drug-likeness (QED) is 0.915. The smallest absolute Gasteiger partial charge is 0.222 e. The topological polar surface area (TPSA) is 32.3 Å². The van der Waals surface area contributed by atoms with Gasteiger partial charge in [0.2, 0.25) is 5.91 Å². The first kappa shape index (κ1) is 15.0. The number of nitrogens with zero attached hydrogens (tertiary/aromatic N) is 1. The Labute approximate surface area is 122 Å². The van der Waals surface area contributed by atoms with E-state index in [1.165, 1.54) is 11.1 Å². The van der Waals surface area contributed by atoms with Crippen molar-refractivity contribution in [1.29, 1.82) is 0 Å². The van der Waals surface area contributed by atoms with Gasteiger partial charge >= 0.3 is 0 Å². The van der Waals surface area contributed by atoms with Gasteiger partial charge in [-0.2, -0.15) is 0 Å². The Morgan fingerprint density at radius 2 is 2.15 bits per heavy atom. The number of benzene rings is 1. The summed E-state index contributed by atoms with van der Waals surface area (Å²) in [4.78, 5) is 14.3. The molecule has 1 aliphatic heterocycles. The number of rotatable bonds is 4. The van der Waals surface area contributed by atoms with Crippen molar-refractivity contribution in [2.24, 2.45) is 5.92 Å². The van der Waals surface area contributed by atoms with E-state index in [0.717, 1.165) is 32.5 Å². The number of likely N-dealkylation sites (tertiary alicyclic amines) is 1. The lowest BCUT2D eigenvalue weighted by Crippen LogP contribution is -2.48. The molecule has 3 heteroatoms. The molecular weight excluding hydrogens is 248 g/mol. The number of carbonyl (C=O) groups is 1. The molecule has 1 aromatic carbocycles. The molecule has 1 heterocycles. The van der Waals surface area contributed by atoms with Crippen LogP contribution in [0.1, 0.15) is 37.8 Å². The monoisotopic (exact) mass is 274 g/mol. The molecule has 1 aromatic rings. The standard InChI is InChI=1S/C17H26N2O/c1-13(2)17(20)18-16-9-6-10-19(12-16)11-15-8-5-4-7-14(15)3/h4-5,7-8,13,16H,6,9-12H2,1-3H3,(H,18,20). The van der Waals surface area contributed by atoms with Gasteiger partial charge in [0, 0.05) is 25.0 Å². The van der Waals surface area contributed by atoms with Crippen molar-refractivity contribution < 1.29 is 4.79 Å². The van der Waals surface area contributed by atoms with Crippen LogP contribution in [0.3, 0.4) is 0 Å². The fourth-order valence-electron chi connectivity index (χ4n) is 2.71. The van der Waals surface area contributed by atoms with E-state index in [9.17, 15) is 4.79 Å². The Kier molecular flexibility index (Phi) is 5.18. The summed E-state index contributed by atoms with van der Waals surface area (Å²) in [5.74, 6) is 0.245. The van der Waals surface area contributed by atoms with Crippen LogP contribution in [0.5, 0.6) is 0 Å². The molecule has 0 radical (unpaired) electrons. The van der Waals surface area contributed by atoms with E-state index >= 15 is 0 Å². The molecule has 0 saturated carbocycles. The largest absolute Gasteiger partial charge is 0.352 e. The Morgan fingerprint density at radius 3 is 2.85 bits per heavy atom. The second-order valence-corrected chi connectivity index (χ2v) is 6.16. The third kappa shape index (κ3) is 4.07. The van der Waals surface area contributed by atoms with Gasteiger partial charge in [0.05, 0.1) is 0 Å². The molecule has 0 aromatic heterocycles. The van der Waals surface area contributed by atoms with Crippen LogP contribution < -0.4 is 5.32 Å². The highest BCUT2D eigenvalue weighted by Gasteiger charge is 2.22. The summed E-state index contributed by atoms with van der Waals surface area (Å²) in [5.41, 5.74) is 2.74. The predicted molar refractivity (Wildman–Crippen MR) is 82.5 cm³/mol.